The third kappa shape index (κ3) is 8.34. The van der Waals surface area contributed by atoms with Crippen LogP contribution >= 0.6 is 0 Å². The van der Waals surface area contributed by atoms with E-state index in [0.717, 1.165) is 55.5 Å². The van der Waals surface area contributed by atoms with Gasteiger partial charge in [0.1, 0.15) is 17.7 Å². The summed E-state index contributed by atoms with van der Waals surface area (Å²) in [4.78, 5) is 31.5. The van der Waals surface area contributed by atoms with E-state index < -0.39 is 27.7 Å². The lowest BCUT2D eigenvalue weighted by Gasteiger charge is -2.34. The molecular formula is C30H38N6O6S. The highest BCUT2D eigenvalue weighted by Crippen LogP contribution is 2.30. The summed E-state index contributed by atoms with van der Waals surface area (Å²) in [6.07, 6.45) is 6.70. The molecule has 0 bridgehead atoms. The summed E-state index contributed by atoms with van der Waals surface area (Å²) in [6.45, 7) is 3.93. The summed E-state index contributed by atoms with van der Waals surface area (Å²) in [6, 6.07) is 11.3. The molecule has 1 fully saturated rings. The first-order valence-electron chi connectivity index (χ1n) is 14.2. The van der Waals surface area contributed by atoms with Gasteiger partial charge in [0.25, 0.3) is 5.91 Å². The van der Waals surface area contributed by atoms with E-state index in [2.05, 4.69) is 9.89 Å². The summed E-state index contributed by atoms with van der Waals surface area (Å²) in [5.74, 6) is -1.23. The molecule has 0 atom stereocenters. The summed E-state index contributed by atoms with van der Waals surface area (Å²) < 4.78 is 38.9. The maximum absolute atomic E-state index is 13.4. The minimum Gasteiger partial charge on any atom is -0.489 e. The molecule has 0 unspecified atom stereocenters. The van der Waals surface area contributed by atoms with Crippen molar-refractivity contribution >= 4 is 45.3 Å². The molecule has 2 aliphatic rings. The zero-order valence-corrected chi connectivity index (χ0v) is 25.0. The number of sulfonamides is 1. The number of amides is 1. The molecule has 1 amide bonds. The number of benzene rings is 2. The number of anilines is 1. The average Bonchev–Trinajstić information content (AvgIpc) is 3.51. The van der Waals surface area contributed by atoms with E-state index in [1.165, 1.54) is 18.2 Å². The van der Waals surface area contributed by atoms with Crippen molar-refractivity contribution in [1.82, 2.24) is 4.90 Å². The highest BCUT2D eigenvalue weighted by Gasteiger charge is 2.29. The molecule has 2 heterocycles. The van der Waals surface area contributed by atoms with Crippen molar-refractivity contribution in [2.24, 2.45) is 16.5 Å². The Morgan fingerprint density at radius 1 is 1.16 bits per heavy atom. The van der Waals surface area contributed by atoms with Crippen molar-refractivity contribution in [2.45, 2.75) is 38.7 Å². The quantitative estimate of drug-likeness (QED) is 0.186. The van der Waals surface area contributed by atoms with E-state index >= 15 is 0 Å². The molecular weight excluding hydrogens is 572 g/mol. The van der Waals surface area contributed by atoms with Crippen LogP contribution in [0.5, 0.6) is 5.75 Å². The Hall–Kier alpha value is -4.39. The van der Waals surface area contributed by atoms with Crippen LogP contribution < -0.4 is 20.5 Å². The minimum atomic E-state index is -4.23. The molecule has 2 aliphatic heterocycles. The number of esters is 1. The Kier molecular flexibility index (Phi) is 10.4. The molecule has 2 aromatic carbocycles. The zero-order chi connectivity index (χ0) is 31.0. The first-order valence-corrected chi connectivity index (χ1v) is 15.8. The number of carbonyl (C=O) groups excluding carboxylic acids is 2. The largest absolute Gasteiger partial charge is 0.489 e. The van der Waals surface area contributed by atoms with E-state index in [4.69, 9.17) is 26.4 Å². The first-order chi connectivity index (χ1) is 20.6. The van der Waals surface area contributed by atoms with Crippen LogP contribution in [0.2, 0.25) is 0 Å². The van der Waals surface area contributed by atoms with Gasteiger partial charge in [-0.05, 0) is 43.2 Å². The van der Waals surface area contributed by atoms with Crippen LogP contribution in [0.15, 0.2) is 53.5 Å². The maximum Gasteiger partial charge on any atom is 0.323 e. The lowest BCUT2D eigenvalue weighted by molar-refractivity contribution is -0.139. The van der Waals surface area contributed by atoms with Gasteiger partial charge in [-0.25, -0.2) is 8.42 Å². The first kappa shape index (κ1) is 31.5. The molecule has 1 saturated heterocycles. The minimum absolute atomic E-state index is 0.0334. The third-order valence-corrected chi connectivity index (χ3v) is 8.82. The second kappa shape index (κ2) is 14.2. The van der Waals surface area contributed by atoms with Gasteiger partial charge in [-0.3, -0.25) is 24.3 Å². The maximum atomic E-state index is 13.4. The molecule has 13 heteroatoms. The van der Waals surface area contributed by atoms with Gasteiger partial charge in [-0.2, -0.15) is 0 Å². The number of nitrogens with zero attached hydrogens (tertiary/aromatic N) is 3. The number of hydrogen-bond donors (Lipinski definition) is 3. The Morgan fingerprint density at radius 2 is 1.93 bits per heavy atom. The molecule has 0 spiro atoms. The Morgan fingerprint density at radius 3 is 2.58 bits per heavy atom. The van der Waals surface area contributed by atoms with Gasteiger partial charge in [0, 0.05) is 44.5 Å². The smallest absolute Gasteiger partial charge is 0.323 e. The number of carbonyl (C=O) groups is 2. The summed E-state index contributed by atoms with van der Waals surface area (Å²) in [5, 5.41) is 7.64. The van der Waals surface area contributed by atoms with Crippen molar-refractivity contribution in [2.75, 3.05) is 42.8 Å². The summed E-state index contributed by atoms with van der Waals surface area (Å²) >= 11 is 0. The third-order valence-electron chi connectivity index (χ3n) is 7.19. The molecule has 0 radical (unpaired) electrons. The lowest BCUT2D eigenvalue weighted by Crippen LogP contribution is -2.41. The monoisotopic (exact) mass is 610 g/mol. The molecule has 5 N–H and O–H groups in total. The van der Waals surface area contributed by atoms with Gasteiger partial charge < -0.3 is 25.8 Å². The summed E-state index contributed by atoms with van der Waals surface area (Å²) in [7, 11) is -4.23. The van der Waals surface area contributed by atoms with E-state index in [1.807, 2.05) is 0 Å². The van der Waals surface area contributed by atoms with Crippen LogP contribution in [0, 0.1) is 5.41 Å². The van der Waals surface area contributed by atoms with Crippen molar-refractivity contribution in [3.05, 3.63) is 65.2 Å². The Labute approximate surface area is 251 Å². The molecule has 43 heavy (non-hydrogen) atoms. The van der Waals surface area contributed by atoms with Crippen LogP contribution in [0.25, 0.3) is 6.08 Å². The van der Waals surface area contributed by atoms with Crippen molar-refractivity contribution in [3.8, 4) is 5.75 Å². The number of aliphatic imine (C=N–C) groups is 1. The standard InChI is InChI=1S/C30H38N6O6S/c1-2-41-28(37)20-43(39,40)36(15-5-7-21-6-3-8-22(18-21)29(31)32)23-10-11-26(25(19-23)30(33)38)42-24-12-16-35(17-13-24)27-9-4-14-34-27/h3,5-8,10-11,18-19,24H,2,4,9,12-17,20H2,1H3,(H3,31,32)(H2,33,38)/b7-5+. The van der Waals surface area contributed by atoms with Crippen molar-refractivity contribution < 1.29 is 27.5 Å². The number of likely N-dealkylation sites (tertiary alicyclic amines) is 1. The number of rotatable bonds is 12. The van der Waals surface area contributed by atoms with E-state index in [9.17, 15) is 18.0 Å². The average molecular weight is 611 g/mol. The molecule has 0 aromatic heterocycles. The molecule has 4 rings (SSSR count). The number of amidine groups is 2. The number of nitrogens with one attached hydrogen (secondary N) is 1. The van der Waals surface area contributed by atoms with Gasteiger partial charge in [0.15, 0.2) is 5.75 Å². The Balaban J connectivity index is 1.56. The second-order valence-electron chi connectivity index (χ2n) is 10.3. The van der Waals surface area contributed by atoms with Gasteiger partial charge in [0.2, 0.25) is 10.0 Å². The van der Waals surface area contributed by atoms with Gasteiger partial charge in [-0.15, -0.1) is 0 Å². The van der Waals surface area contributed by atoms with Crippen LogP contribution in [-0.2, 0) is 19.6 Å². The highest BCUT2D eigenvalue weighted by molar-refractivity contribution is 7.93. The number of ether oxygens (including phenoxy) is 2. The fourth-order valence-corrected chi connectivity index (χ4v) is 6.35. The number of primary amides is 1. The topological polar surface area (TPSA) is 181 Å². The normalized spacial score (nSPS) is 15.7. The number of piperidine rings is 1. The van der Waals surface area contributed by atoms with Crippen LogP contribution in [-0.4, -0.2) is 81.5 Å². The van der Waals surface area contributed by atoms with E-state index in [-0.39, 0.29) is 42.1 Å². The van der Waals surface area contributed by atoms with Crippen LogP contribution in [0.1, 0.15) is 54.1 Å². The molecule has 0 aliphatic carbocycles. The molecule has 2 aromatic rings. The SMILES string of the molecule is CCOC(=O)CS(=O)(=O)N(C/C=C/c1cccc(C(=N)N)c1)c1ccc(OC2CCN(C3=NCCC3)CC2)c(C(N)=O)c1. The van der Waals surface area contributed by atoms with Crippen LogP contribution in [0.3, 0.4) is 0 Å². The highest BCUT2D eigenvalue weighted by atomic mass is 32.2. The fraction of sp³-hybridized carbons (Fsp3) is 0.400. The molecule has 0 saturated carbocycles. The molecule has 12 nitrogen and oxygen atoms in total. The summed E-state index contributed by atoms with van der Waals surface area (Å²) in [5.41, 5.74) is 12.7. The van der Waals surface area contributed by atoms with E-state index in [1.54, 1.807) is 43.3 Å². The number of nitrogens with two attached hydrogens (primary N) is 2. The predicted octanol–water partition coefficient (Wildman–Crippen LogP) is 2.52. The van der Waals surface area contributed by atoms with Crippen molar-refractivity contribution in [3.63, 3.8) is 0 Å². The van der Waals surface area contributed by atoms with E-state index in [0.29, 0.717) is 11.1 Å². The second-order valence-corrected chi connectivity index (χ2v) is 12.2. The predicted molar refractivity (Wildman–Crippen MR) is 166 cm³/mol. The Bertz CT molecular complexity index is 1510. The van der Waals surface area contributed by atoms with Crippen LogP contribution in [0.4, 0.5) is 5.69 Å². The van der Waals surface area contributed by atoms with Crippen molar-refractivity contribution in [1.29, 1.82) is 5.41 Å². The van der Waals surface area contributed by atoms with Gasteiger partial charge in [-0.1, -0.05) is 30.4 Å². The zero-order valence-electron chi connectivity index (χ0n) is 24.2. The molecule has 230 valence electrons. The number of nitrogen functional groups attached to an aromatic ring is 1. The van der Waals surface area contributed by atoms with Gasteiger partial charge in [0.05, 0.1) is 30.2 Å². The lowest BCUT2D eigenvalue weighted by atomic mass is 10.1. The fourth-order valence-electron chi connectivity index (χ4n) is 5.07. The number of hydrogen-bond acceptors (Lipinski definition) is 9. The van der Waals surface area contributed by atoms with Gasteiger partial charge >= 0.3 is 5.97 Å².